The van der Waals surface area contributed by atoms with Gasteiger partial charge in [-0.25, -0.2) is 0 Å². The maximum atomic E-state index is 12.9. The van der Waals surface area contributed by atoms with Gasteiger partial charge in [-0.2, -0.15) is 0 Å². The van der Waals surface area contributed by atoms with Crippen LogP contribution in [0.1, 0.15) is 329 Å². The summed E-state index contributed by atoms with van der Waals surface area (Å²) in [5.41, 5.74) is 0. The summed E-state index contributed by atoms with van der Waals surface area (Å²) in [5, 5.41) is 0. The SMILES string of the molecule is CC/C=C\C/C=C\C/C=C\C/C=C\CCCCCCCCCCCCCCC(=O)OCC(COC(=O)CCCCCCC/C=C\CCCCCCCC)OC(=O)CCCCCCCCCCC/C=C\C/C=C\CCCCC. The lowest BCUT2D eigenvalue weighted by atomic mass is 10.0. The van der Waals surface area contributed by atoms with E-state index in [1.807, 2.05) is 0 Å². The molecule has 77 heavy (non-hydrogen) atoms. The molecule has 0 spiro atoms. The zero-order valence-corrected chi connectivity index (χ0v) is 51.0. The van der Waals surface area contributed by atoms with Crippen LogP contribution in [0.2, 0.25) is 0 Å². The van der Waals surface area contributed by atoms with Crippen molar-refractivity contribution < 1.29 is 28.6 Å². The summed E-state index contributed by atoms with van der Waals surface area (Å²) < 4.78 is 17.0. The first-order valence-electron chi connectivity index (χ1n) is 33.1. The largest absolute Gasteiger partial charge is 0.462 e. The van der Waals surface area contributed by atoms with Gasteiger partial charge in [-0.05, 0) is 116 Å². The van der Waals surface area contributed by atoms with Gasteiger partial charge in [-0.1, -0.05) is 279 Å². The van der Waals surface area contributed by atoms with Crippen LogP contribution in [0.4, 0.5) is 0 Å². The fourth-order valence-electron chi connectivity index (χ4n) is 9.40. The molecule has 6 nitrogen and oxygen atoms in total. The minimum atomic E-state index is -0.784. The van der Waals surface area contributed by atoms with E-state index in [-0.39, 0.29) is 31.1 Å². The van der Waals surface area contributed by atoms with Crippen molar-refractivity contribution in [2.24, 2.45) is 0 Å². The van der Waals surface area contributed by atoms with E-state index in [0.29, 0.717) is 19.3 Å². The third kappa shape index (κ3) is 63.3. The zero-order valence-electron chi connectivity index (χ0n) is 51.0. The lowest BCUT2D eigenvalue weighted by Gasteiger charge is -2.18. The third-order valence-corrected chi connectivity index (χ3v) is 14.4. The van der Waals surface area contributed by atoms with Crippen molar-refractivity contribution in [1.82, 2.24) is 0 Å². The van der Waals surface area contributed by atoms with Crippen molar-refractivity contribution in [3.8, 4) is 0 Å². The maximum Gasteiger partial charge on any atom is 0.306 e. The predicted molar refractivity (Wildman–Crippen MR) is 334 cm³/mol. The molecule has 0 aromatic heterocycles. The number of carbonyl (C=O) groups excluding carboxylic acids is 3. The number of ether oxygens (including phenoxy) is 3. The quantitative estimate of drug-likeness (QED) is 0.0261. The van der Waals surface area contributed by atoms with Gasteiger partial charge in [-0.15, -0.1) is 0 Å². The summed E-state index contributed by atoms with van der Waals surface area (Å²) in [6.07, 6.45) is 85.9. The van der Waals surface area contributed by atoms with Crippen molar-refractivity contribution in [2.75, 3.05) is 13.2 Å². The minimum absolute atomic E-state index is 0.0800. The Balaban J connectivity index is 4.33. The van der Waals surface area contributed by atoms with Crippen LogP contribution in [-0.4, -0.2) is 37.2 Å². The standard InChI is InChI=1S/C71H124O6/c1-4-7-10-13-16-19-22-25-28-30-32-33-34-35-36-37-39-40-43-46-49-52-55-58-61-64-70(73)76-67-68(66-75-69(72)63-60-57-54-51-48-45-42-27-24-21-18-15-12-9-6-3)77-71(74)65-62-59-56-53-50-47-44-41-38-31-29-26-23-20-17-14-11-8-5-2/h7,10,16-17,19-20,25-29,32-33,42,68H,4-6,8-9,11-15,18,21-24,30-31,34-41,43-67H2,1-3H3/b10-7-,19-16-,20-17-,28-25-,29-26-,33-32-,42-27-. The summed E-state index contributed by atoms with van der Waals surface area (Å²) >= 11 is 0. The van der Waals surface area contributed by atoms with Crippen LogP contribution < -0.4 is 0 Å². The van der Waals surface area contributed by atoms with Gasteiger partial charge in [0.05, 0.1) is 0 Å². The molecule has 0 radical (unpaired) electrons. The first kappa shape index (κ1) is 73.6. The Morgan fingerprint density at radius 2 is 0.506 bits per heavy atom. The fraction of sp³-hybridized carbons (Fsp3) is 0.761. The Morgan fingerprint density at radius 1 is 0.273 bits per heavy atom. The summed E-state index contributed by atoms with van der Waals surface area (Å²) in [5.74, 6) is -0.880. The molecule has 0 amide bonds. The molecule has 0 aliphatic carbocycles. The second-order valence-electron chi connectivity index (χ2n) is 22.0. The Labute approximate surface area is 477 Å². The van der Waals surface area contributed by atoms with Gasteiger partial charge in [0, 0.05) is 19.3 Å². The Hall–Kier alpha value is -3.41. The summed E-state index contributed by atoms with van der Waals surface area (Å²) in [6.45, 7) is 6.52. The van der Waals surface area contributed by atoms with Gasteiger partial charge in [0.2, 0.25) is 0 Å². The molecule has 1 unspecified atom stereocenters. The number of esters is 3. The third-order valence-electron chi connectivity index (χ3n) is 14.4. The van der Waals surface area contributed by atoms with E-state index in [9.17, 15) is 14.4 Å². The monoisotopic (exact) mass is 1070 g/mol. The second-order valence-corrected chi connectivity index (χ2v) is 22.0. The van der Waals surface area contributed by atoms with Crippen LogP contribution in [-0.2, 0) is 28.6 Å². The lowest BCUT2D eigenvalue weighted by molar-refractivity contribution is -0.167. The van der Waals surface area contributed by atoms with Crippen LogP contribution in [0.25, 0.3) is 0 Å². The van der Waals surface area contributed by atoms with Crippen molar-refractivity contribution in [2.45, 2.75) is 335 Å². The molecule has 0 aliphatic heterocycles. The Bertz CT molecular complexity index is 1470. The molecule has 6 heteroatoms. The van der Waals surface area contributed by atoms with Crippen LogP contribution in [0.15, 0.2) is 85.1 Å². The van der Waals surface area contributed by atoms with Gasteiger partial charge in [-0.3, -0.25) is 14.4 Å². The highest BCUT2D eigenvalue weighted by Crippen LogP contribution is 2.16. The van der Waals surface area contributed by atoms with Gasteiger partial charge in [0.1, 0.15) is 13.2 Å². The number of unbranched alkanes of at least 4 members (excludes halogenated alkanes) is 35. The first-order chi connectivity index (χ1) is 38.0. The van der Waals surface area contributed by atoms with E-state index in [1.165, 1.54) is 193 Å². The van der Waals surface area contributed by atoms with Gasteiger partial charge in [0.25, 0.3) is 0 Å². The molecule has 0 N–H and O–H groups in total. The van der Waals surface area contributed by atoms with Crippen molar-refractivity contribution >= 4 is 17.9 Å². The highest BCUT2D eigenvalue weighted by molar-refractivity contribution is 5.71. The second kappa shape index (κ2) is 65.1. The van der Waals surface area contributed by atoms with Gasteiger partial charge >= 0.3 is 17.9 Å². The number of hydrogen-bond donors (Lipinski definition) is 0. The predicted octanol–water partition coefficient (Wildman–Crippen LogP) is 22.7. The number of allylic oxidation sites excluding steroid dienone is 14. The molecule has 0 aromatic carbocycles. The molecule has 0 heterocycles. The van der Waals surface area contributed by atoms with Crippen molar-refractivity contribution in [3.63, 3.8) is 0 Å². The molecule has 0 rings (SSSR count). The van der Waals surface area contributed by atoms with E-state index >= 15 is 0 Å². The molecule has 1 atom stereocenters. The average Bonchev–Trinajstić information content (AvgIpc) is 3.43. The zero-order chi connectivity index (χ0) is 55.7. The summed E-state index contributed by atoms with van der Waals surface area (Å²) in [6, 6.07) is 0. The minimum Gasteiger partial charge on any atom is -0.462 e. The number of hydrogen-bond acceptors (Lipinski definition) is 6. The topological polar surface area (TPSA) is 78.9 Å². The molecular weight excluding hydrogens is 949 g/mol. The molecule has 0 aromatic rings. The highest BCUT2D eigenvalue weighted by atomic mass is 16.6. The molecule has 444 valence electrons. The van der Waals surface area contributed by atoms with Crippen molar-refractivity contribution in [3.05, 3.63) is 85.1 Å². The van der Waals surface area contributed by atoms with Gasteiger partial charge < -0.3 is 14.2 Å². The molecule has 0 aliphatic rings. The molecule has 0 bridgehead atoms. The fourth-order valence-corrected chi connectivity index (χ4v) is 9.40. The van der Waals surface area contributed by atoms with E-state index in [1.54, 1.807) is 0 Å². The normalized spacial score (nSPS) is 12.6. The molecule has 0 saturated carbocycles. The van der Waals surface area contributed by atoms with Crippen LogP contribution in [0.5, 0.6) is 0 Å². The van der Waals surface area contributed by atoms with E-state index in [0.717, 1.165) is 96.3 Å². The van der Waals surface area contributed by atoms with E-state index in [2.05, 4.69) is 106 Å². The molecular formula is C71H124O6. The smallest absolute Gasteiger partial charge is 0.306 e. The Morgan fingerprint density at radius 3 is 0.831 bits per heavy atom. The maximum absolute atomic E-state index is 12.9. The van der Waals surface area contributed by atoms with Crippen LogP contribution >= 0.6 is 0 Å². The number of carbonyl (C=O) groups is 3. The van der Waals surface area contributed by atoms with Crippen LogP contribution in [0, 0.1) is 0 Å². The number of rotatable bonds is 60. The lowest BCUT2D eigenvalue weighted by Crippen LogP contribution is -2.30. The molecule has 0 saturated heterocycles. The van der Waals surface area contributed by atoms with Crippen LogP contribution in [0.3, 0.4) is 0 Å². The summed E-state index contributed by atoms with van der Waals surface area (Å²) in [7, 11) is 0. The molecule has 0 fully saturated rings. The van der Waals surface area contributed by atoms with Gasteiger partial charge in [0.15, 0.2) is 6.10 Å². The van der Waals surface area contributed by atoms with E-state index in [4.69, 9.17) is 14.2 Å². The summed E-state index contributed by atoms with van der Waals surface area (Å²) in [4.78, 5) is 38.4. The highest BCUT2D eigenvalue weighted by Gasteiger charge is 2.19. The van der Waals surface area contributed by atoms with E-state index < -0.39 is 6.10 Å². The first-order valence-corrected chi connectivity index (χ1v) is 33.1. The van der Waals surface area contributed by atoms with Crippen molar-refractivity contribution in [1.29, 1.82) is 0 Å². The average molecular weight is 1070 g/mol. The Kier molecular flexibility index (Phi) is 62.2.